The molecule has 1 aliphatic rings. The van der Waals surface area contributed by atoms with Gasteiger partial charge in [-0.2, -0.15) is 0 Å². The van der Waals surface area contributed by atoms with Crippen LogP contribution in [0, 0.1) is 11.3 Å². The topological polar surface area (TPSA) is 90.8 Å². The molecule has 0 saturated carbocycles. The number of aliphatic hydroxyl groups is 1. The van der Waals surface area contributed by atoms with Gasteiger partial charge in [0, 0.05) is 26.2 Å². The van der Waals surface area contributed by atoms with Crippen molar-refractivity contribution in [3.63, 3.8) is 0 Å². The number of sulfone groups is 1. The fourth-order valence-corrected chi connectivity index (χ4v) is 4.87. The fourth-order valence-electron chi connectivity index (χ4n) is 3.01. The zero-order chi connectivity index (χ0) is 17.3. The lowest BCUT2D eigenvalue weighted by Crippen LogP contribution is -2.41. The maximum atomic E-state index is 11.5. The molecule has 0 aromatic heterocycles. The van der Waals surface area contributed by atoms with Gasteiger partial charge in [-0.15, -0.1) is 24.0 Å². The monoisotopic (exact) mass is 475 g/mol. The molecule has 1 aliphatic heterocycles. The number of nitrogens with one attached hydrogen (secondary N) is 2. The Bertz CT molecular complexity index is 479. The van der Waals surface area contributed by atoms with Crippen LogP contribution in [0.5, 0.6) is 0 Å². The maximum absolute atomic E-state index is 11.5. The molecule has 0 amide bonds. The highest BCUT2D eigenvalue weighted by Crippen LogP contribution is 2.30. The van der Waals surface area contributed by atoms with Gasteiger partial charge in [0.1, 0.15) is 0 Å². The Morgan fingerprint density at radius 2 is 1.92 bits per heavy atom. The first-order chi connectivity index (χ1) is 10.9. The largest absolute Gasteiger partial charge is 0.396 e. The first kappa shape index (κ1) is 23.9. The molecule has 1 fully saturated rings. The van der Waals surface area contributed by atoms with Gasteiger partial charge in [-0.1, -0.05) is 13.8 Å². The van der Waals surface area contributed by atoms with Crippen LogP contribution >= 0.6 is 24.0 Å². The minimum atomic E-state index is -2.83. The Labute approximate surface area is 164 Å². The van der Waals surface area contributed by atoms with E-state index in [1.807, 2.05) is 6.92 Å². The van der Waals surface area contributed by atoms with Crippen molar-refractivity contribution in [1.82, 2.24) is 10.6 Å². The highest BCUT2D eigenvalue weighted by Gasteiger charge is 2.28. The summed E-state index contributed by atoms with van der Waals surface area (Å²) >= 11 is 0. The van der Waals surface area contributed by atoms with Crippen molar-refractivity contribution in [2.75, 3.05) is 37.7 Å². The van der Waals surface area contributed by atoms with E-state index in [1.54, 1.807) is 0 Å². The van der Waals surface area contributed by atoms with Gasteiger partial charge in [0.15, 0.2) is 15.8 Å². The minimum absolute atomic E-state index is 0. The van der Waals surface area contributed by atoms with Crippen LogP contribution in [0.3, 0.4) is 0 Å². The van der Waals surface area contributed by atoms with E-state index < -0.39 is 9.84 Å². The van der Waals surface area contributed by atoms with E-state index in [-0.39, 0.29) is 47.7 Å². The van der Waals surface area contributed by atoms with Gasteiger partial charge in [-0.25, -0.2) is 8.42 Å². The molecule has 1 heterocycles. The van der Waals surface area contributed by atoms with E-state index in [0.29, 0.717) is 18.8 Å². The smallest absolute Gasteiger partial charge is 0.191 e. The van der Waals surface area contributed by atoms with E-state index >= 15 is 0 Å². The third-order valence-corrected chi connectivity index (χ3v) is 6.78. The summed E-state index contributed by atoms with van der Waals surface area (Å²) in [5.41, 5.74) is 0.0355. The maximum Gasteiger partial charge on any atom is 0.191 e. The van der Waals surface area contributed by atoms with Crippen LogP contribution in [0.25, 0.3) is 0 Å². The van der Waals surface area contributed by atoms with Crippen LogP contribution in [-0.4, -0.2) is 57.2 Å². The molecule has 0 bridgehead atoms. The van der Waals surface area contributed by atoms with Crippen molar-refractivity contribution in [3.8, 4) is 0 Å². The summed E-state index contributed by atoms with van der Waals surface area (Å²) in [6.45, 7) is 8.53. The van der Waals surface area contributed by atoms with E-state index in [0.717, 1.165) is 38.2 Å². The molecule has 24 heavy (non-hydrogen) atoms. The molecule has 0 radical (unpaired) electrons. The Morgan fingerprint density at radius 3 is 2.38 bits per heavy atom. The predicted octanol–water partition coefficient (Wildman–Crippen LogP) is 1.78. The van der Waals surface area contributed by atoms with Crippen LogP contribution in [0.1, 0.15) is 46.5 Å². The highest BCUT2D eigenvalue weighted by molar-refractivity contribution is 14.0. The number of aliphatic hydroxyl groups excluding tert-OH is 1. The van der Waals surface area contributed by atoms with Crippen LogP contribution in [0.2, 0.25) is 0 Å². The molecule has 1 unspecified atom stereocenters. The Morgan fingerprint density at radius 1 is 1.25 bits per heavy atom. The Hall–Kier alpha value is -0.0900. The van der Waals surface area contributed by atoms with Gasteiger partial charge in [0.25, 0.3) is 0 Å². The average molecular weight is 475 g/mol. The second-order valence-corrected chi connectivity index (χ2v) is 8.75. The lowest BCUT2D eigenvalue weighted by molar-refractivity contribution is 0.175. The number of halogens is 1. The summed E-state index contributed by atoms with van der Waals surface area (Å²) in [4.78, 5) is 4.68. The van der Waals surface area contributed by atoms with E-state index in [4.69, 9.17) is 0 Å². The standard InChI is InChI=1S/C16H33N3O3S.HI/c1-4-16(5-2,8-9-20)13-19-15(17-6-3)18-11-14-7-10-23(21,22)12-14;/h14,20H,4-13H2,1-3H3,(H2,17,18,19);1H. The number of rotatable bonds is 9. The van der Waals surface area contributed by atoms with Crippen molar-refractivity contribution >= 4 is 39.8 Å². The van der Waals surface area contributed by atoms with Crippen molar-refractivity contribution in [3.05, 3.63) is 0 Å². The number of hydrogen-bond donors (Lipinski definition) is 3. The lowest BCUT2D eigenvalue weighted by atomic mass is 9.79. The number of hydrogen-bond acceptors (Lipinski definition) is 4. The van der Waals surface area contributed by atoms with Gasteiger partial charge in [-0.05, 0) is 43.9 Å². The quantitative estimate of drug-likeness (QED) is 0.269. The first-order valence-corrected chi connectivity index (χ1v) is 10.6. The third kappa shape index (κ3) is 7.86. The molecule has 0 spiro atoms. The Balaban J connectivity index is 0.00000529. The summed E-state index contributed by atoms with van der Waals surface area (Å²) in [5, 5.41) is 15.8. The van der Waals surface area contributed by atoms with Crippen LogP contribution in [-0.2, 0) is 9.84 Å². The average Bonchev–Trinajstić information content (AvgIpc) is 2.88. The molecule has 0 aromatic rings. The third-order valence-electron chi connectivity index (χ3n) is 4.94. The molecule has 1 saturated heterocycles. The summed E-state index contributed by atoms with van der Waals surface area (Å²) in [5.74, 6) is 1.49. The van der Waals surface area contributed by atoms with E-state index in [2.05, 4.69) is 29.5 Å². The van der Waals surface area contributed by atoms with Crippen molar-refractivity contribution < 1.29 is 13.5 Å². The van der Waals surface area contributed by atoms with Crippen molar-refractivity contribution in [2.24, 2.45) is 16.3 Å². The summed E-state index contributed by atoms with van der Waals surface area (Å²) < 4.78 is 23.0. The Kier molecular flexibility index (Phi) is 11.5. The molecule has 144 valence electrons. The van der Waals surface area contributed by atoms with Crippen molar-refractivity contribution in [1.29, 1.82) is 0 Å². The highest BCUT2D eigenvalue weighted by atomic mass is 127. The number of aliphatic imine (C=N–C) groups is 1. The van der Waals surface area contributed by atoms with Gasteiger partial charge in [0.2, 0.25) is 0 Å². The van der Waals surface area contributed by atoms with E-state index in [9.17, 15) is 13.5 Å². The molecule has 1 atom stereocenters. The summed E-state index contributed by atoms with van der Waals surface area (Å²) in [6.07, 6.45) is 3.44. The summed E-state index contributed by atoms with van der Waals surface area (Å²) in [6, 6.07) is 0. The molecule has 3 N–H and O–H groups in total. The van der Waals surface area contributed by atoms with Crippen LogP contribution in [0.15, 0.2) is 4.99 Å². The van der Waals surface area contributed by atoms with Gasteiger partial charge in [-0.3, -0.25) is 4.99 Å². The SMILES string of the molecule is CCNC(=NCC(CC)(CC)CCO)NCC1CCS(=O)(=O)C1.I. The van der Waals surface area contributed by atoms with E-state index in [1.165, 1.54) is 0 Å². The molecule has 8 heteroatoms. The fraction of sp³-hybridized carbons (Fsp3) is 0.938. The van der Waals surface area contributed by atoms with Crippen molar-refractivity contribution in [2.45, 2.75) is 46.5 Å². The second kappa shape index (κ2) is 11.5. The number of guanidine groups is 1. The van der Waals surface area contributed by atoms with Crippen LogP contribution < -0.4 is 10.6 Å². The zero-order valence-electron chi connectivity index (χ0n) is 15.2. The molecule has 6 nitrogen and oxygen atoms in total. The minimum Gasteiger partial charge on any atom is -0.396 e. The second-order valence-electron chi connectivity index (χ2n) is 6.53. The van der Waals surface area contributed by atoms with Gasteiger partial charge < -0.3 is 15.7 Å². The molecule has 0 aliphatic carbocycles. The van der Waals surface area contributed by atoms with Crippen LogP contribution in [0.4, 0.5) is 0 Å². The van der Waals surface area contributed by atoms with Gasteiger partial charge >= 0.3 is 0 Å². The number of nitrogens with zero attached hydrogens (tertiary/aromatic N) is 1. The zero-order valence-corrected chi connectivity index (χ0v) is 18.3. The molecule has 0 aromatic carbocycles. The summed E-state index contributed by atoms with van der Waals surface area (Å²) in [7, 11) is -2.83. The first-order valence-electron chi connectivity index (χ1n) is 8.73. The molecular weight excluding hydrogens is 441 g/mol. The molecular formula is C16H34IN3O3S. The predicted molar refractivity (Wildman–Crippen MR) is 111 cm³/mol. The molecule has 1 rings (SSSR count). The van der Waals surface area contributed by atoms with Gasteiger partial charge in [0.05, 0.1) is 11.5 Å². The normalized spacial score (nSPS) is 20.5. The lowest BCUT2D eigenvalue weighted by Gasteiger charge is -2.29.